The maximum Gasteiger partial charge on any atom is 0.416 e. The van der Waals surface area contributed by atoms with Crippen molar-refractivity contribution in [3.63, 3.8) is 0 Å². The number of hydrogen-bond donors (Lipinski definition) is 2. The zero-order chi connectivity index (χ0) is 17.5. The highest BCUT2D eigenvalue weighted by Gasteiger charge is 2.38. The van der Waals surface area contributed by atoms with E-state index in [1.165, 1.54) is 30.2 Å². The molecular weight excluding hydrogens is 329 g/mol. The molecule has 1 aromatic carbocycles. The lowest BCUT2D eigenvalue weighted by Crippen LogP contribution is -2.32. The van der Waals surface area contributed by atoms with E-state index in [2.05, 4.69) is 20.7 Å². The van der Waals surface area contributed by atoms with Crippen LogP contribution in [0.3, 0.4) is 0 Å². The van der Waals surface area contributed by atoms with Crippen molar-refractivity contribution in [3.8, 4) is 0 Å². The number of nitrogens with one attached hydrogen (secondary N) is 2. The second-order valence-corrected chi connectivity index (χ2v) is 4.93. The summed E-state index contributed by atoms with van der Waals surface area (Å²) in [6.45, 7) is 0. The number of nitro groups is 1. The van der Waals surface area contributed by atoms with Gasteiger partial charge in [-0.2, -0.15) is 27.9 Å². The molecule has 2 heterocycles. The van der Waals surface area contributed by atoms with Gasteiger partial charge in [-0.1, -0.05) is 12.1 Å². The molecule has 1 atom stereocenters. The van der Waals surface area contributed by atoms with Gasteiger partial charge in [-0.15, -0.1) is 0 Å². The van der Waals surface area contributed by atoms with Crippen molar-refractivity contribution in [2.45, 2.75) is 12.2 Å². The molecule has 1 aromatic heterocycles. The summed E-state index contributed by atoms with van der Waals surface area (Å²) in [5.41, 5.74) is -0.794. The predicted molar refractivity (Wildman–Crippen MR) is 77.1 cm³/mol. The lowest BCUT2D eigenvalue weighted by atomic mass is 10.0. The fourth-order valence-electron chi connectivity index (χ4n) is 2.48. The molecule has 24 heavy (non-hydrogen) atoms. The summed E-state index contributed by atoms with van der Waals surface area (Å²) in [6, 6.07) is 3.19. The molecule has 0 fully saturated rings. The van der Waals surface area contributed by atoms with Crippen molar-refractivity contribution >= 4 is 11.8 Å². The third kappa shape index (κ3) is 2.53. The summed E-state index contributed by atoms with van der Waals surface area (Å²) < 4.78 is 39.2. The average Bonchev–Trinajstić information content (AvgIpc) is 3.00. The highest BCUT2D eigenvalue weighted by Crippen LogP contribution is 2.35. The molecule has 0 aliphatic carbocycles. The smallest absolute Gasteiger partial charge is 0.367 e. The quantitative estimate of drug-likeness (QED) is 0.656. The number of halogens is 3. The van der Waals surface area contributed by atoms with Gasteiger partial charge < -0.3 is 10.6 Å². The van der Waals surface area contributed by atoms with Crippen LogP contribution in [0.4, 0.5) is 19.1 Å². The topological polar surface area (TPSA) is 97.9 Å². The minimum absolute atomic E-state index is 0.0937. The molecule has 126 valence electrons. The van der Waals surface area contributed by atoms with Crippen molar-refractivity contribution in [2.75, 3.05) is 12.4 Å². The largest absolute Gasteiger partial charge is 0.416 e. The van der Waals surface area contributed by atoms with Crippen LogP contribution in [0, 0.1) is 10.1 Å². The predicted octanol–water partition coefficient (Wildman–Crippen LogP) is 2.09. The Morgan fingerprint density at radius 2 is 2.00 bits per heavy atom. The average molecular weight is 340 g/mol. The molecule has 1 aliphatic heterocycles. The van der Waals surface area contributed by atoms with Gasteiger partial charge in [-0.25, -0.2) is 0 Å². The Morgan fingerprint density at radius 1 is 1.33 bits per heavy atom. The van der Waals surface area contributed by atoms with Crippen molar-refractivity contribution in [2.24, 2.45) is 0 Å². The first kappa shape index (κ1) is 15.8. The lowest BCUT2D eigenvalue weighted by molar-refractivity contribution is -0.429. The molecule has 8 nitrogen and oxygen atoms in total. The molecule has 3 rings (SSSR count). The van der Waals surface area contributed by atoms with Crippen LogP contribution >= 0.6 is 0 Å². The van der Waals surface area contributed by atoms with Crippen molar-refractivity contribution in [1.29, 1.82) is 0 Å². The molecule has 0 spiro atoms. The Bertz CT molecular complexity index is 812. The number of hydrogen-bond acceptors (Lipinski definition) is 6. The van der Waals surface area contributed by atoms with Crippen molar-refractivity contribution < 1.29 is 18.1 Å². The van der Waals surface area contributed by atoms with Gasteiger partial charge in [0, 0.05) is 7.05 Å². The second-order valence-electron chi connectivity index (χ2n) is 4.93. The molecule has 2 aromatic rings. The SMILES string of the molecule is CNC1=C([N+](=O)[O-])C(c2ccc(C(F)(F)F)cc2)Nc2ncnn21. The first-order chi connectivity index (χ1) is 11.3. The van der Waals surface area contributed by atoms with Gasteiger partial charge in [0.2, 0.25) is 11.8 Å². The van der Waals surface area contributed by atoms with Gasteiger partial charge in [0.1, 0.15) is 12.4 Å². The van der Waals surface area contributed by atoms with E-state index >= 15 is 0 Å². The lowest BCUT2D eigenvalue weighted by Gasteiger charge is -2.24. The fourth-order valence-corrected chi connectivity index (χ4v) is 2.48. The normalized spacial score (nSPS) is 17.2. The van der Waals surface area contributed by atoms with E-state index in [-0.39, 0.29) is 17.5 Å². The first-order valence-electron chi connectivity index (χ1n) is 6.73. The third-order valence-corrected chi connectivity index (χ3v) is 3.55. The Hall–Kier alpha value is -3.11. The highest BCUT2D eigenvalue weighted by atomic mass is 19.4. The Balaban J connectivity index is 2.08. The summed E-state index contributed by atoms with van der Waals surface area (Å²) in [5.74, 6) is 0.339. The number of alkyl halides is 3. The van der Waals surface area contributed by atoms with E-state index in [1.807, 2.05) is 0 Å². The Kier molecular flexibility index (Phi) is 3.62. The molecule has 0 amide bonds. The standard InChI is InChI=1S/C13H11F3N6O2/c1-17-11-10(22(23)24)9(20-12-18-6-19-21(11)12)7-2-4-8(5-3-7)13(14,15)16/h2-6,9,17H,1H3,(H,18,19,20). The molecule has 1 unspecified atom stereocenters. The summed E-state index contributed by atoms with van der Waals surface area (Å²) in [4.78, 5) is 14.8. The van der Waals surface area contributed by atoms with Gasteiger partial charge in [0.25, 0.3) is 0 Å². The number of nitrogens with zero attached hydrogens (tertiary/aromatic N) is 4. The maximum atomic E-state index is 12.7. The van der Waals surface area contributed by atoms with Crippen LogP contribution in [0.15, 0.2) is 36.3 Å². The fraction of sp³-hybridized carbons (Fsp3) is 0.231. The third-order valence-electron chi connectivity index (χ3n) is 3.55. The van der Waals surface area contributed by atoms with Crippen LogP contribution in [0.1, 0.15) is 17.2 Å². The van der Waals surface area contributed by atoms with Gasteiger partial charge in [0.15, 0.2) is 0 Å². The van der Waals surface area contributed by atoms with Gasteiger partial charge >= 0.3 is 11.9 Å². The van der Waals surface area contributed by atoms with Crippen LogP contribution in [0.25, 0.3) is 5.82 Å². The Labute approximate surface area is 133 Å². The zero-order valence-electron chi connectivity index (χ0n) is 12.2. The van der Waals surface area contributed by atoms with Crippen LogP contribution in [-0.4, -0.2) is 26.7 Å². The Morgan fingerprint density at radius 3 is 2.54 bits per heavy atom. The molecule has 0 saturated heterocycles. The monoisotopic (exact) mass is 340 g/mol. The van der Waals surface area contributed by atoms with Gasteiger partial charge in [-0.05, 0) is 17.7 Å². The minimum atomic E-state index is -4.48. The number of anilines is 1. The minimum Gasteiger partial charge on any atom is -0.367 e. The molecule has 11 heteroatoms. The first-order valence-corrected chi connectivity index (χ1v) is 6.73. The second kappa shape index (κ2) is 5.51. The summed E-state index contributed by atoms with van der Waals surface area (Å²) in [6.07, 6.45) is -3.26. The maximum absolute atomic E-state index is 12.7. The molecule has 0 bridgehead atoms. The van der Waals surface area contributed by atoms with E-state index in [0.29, 0.717) is 5.56 Å². The molecule has 1 aliphatic rings. The van der Waals surface area contributed by atoms with Crippen LogP contribution in [-0.2, 0) is 6.18 Å². The molecule has 0 radical (unpaired) electrons. The summed E-state index contributed by atoms with van der Waals surface area (Å²) in [7, 11) is 1.49. The van der Waals surface area contributed by atoms with Crippen molar-refractivity contribution in [3.05, 3.63) is 57.5 Å². The number of aromatic nitrogens is 3. The summed E-state index contributed by atoms with van der Waals surface area (Å²) >= 11 is 0. The van der Waals surface area contributed by atoms with Gasteiger partial charge in [0.05, 0.1) is 10.5 Å². The summed E-state index contributed by atoms with van der Waals surface area (Å²) in [5, 5.41) is 20.9. The number of fused-ring (bicyclic) bond motifs is 1. The van der Waals surface area contributed by atoms with E-state index in [9.17, 15) is 23.3 Å². The number of benzene rings is 1. The van der Waals surface area contributed by atoms with E-state index < -0.39 is 22.7 Å². The number of rotatable bonds is 3. The molecular formula is C13H11F3N6O2. The molecule has 2 N–H and O–H groups in total. The zero-order valence-corrected chi connectivity index (χ0v) is 12.2. The van der Waals surface area contributed by atoms with Crippen LogP contribution in [0.5, 0.6) is 0 Å². The van der Waals surface area contributed by atoms with E-state index in [1.54, 1.807) is 0 Å². The van der Waals surface area contributed by atoms with Crippen molar-refractivity contribution in [1.82, 2.24) is 20.1 Å². The van der Waals surface area contributed by atoms with Gasteiger partial charge in [-0.3, -0.25) is 10.1 Å². The highest BCUT2D eigenvalue weighted by molar-refractivity contribution is 5.59. The van der Waals surface area contributed by atoms with E-state index in [4.69, 9.17) is 0 Å². The van der Waals surface area contributed by atoms with E-state index in [0.717, 1.165) is 12.1 Å². The van der Waals surface area contributed by atoms with Crippen LogP contribution < -0.4 is 10.6 Å². The molecule has 0 saturated carbocycles. The van der Waals surface area contributed by atoms with Crippen LogP contribution in [0.2, 0.25) is 0 Å².